The molecule has 0 radical (unpaired) electrons. The number of hydrogen-bond acceptors (Lipinski definition) is 9. The lowest BCUT2D eigenvalue weighted by Gasteiger charge is -2.35. The lowest BCUT2D eigenvalue weighted by Crippen LogP contribution is -2.47. The van der Waals surface area contributed by atoms with Gasteiger partial charge in [-0.1, -0.05) is 19.6 Å². The summed E-state index contributed by atoms with van der Waals surface area (Å²) >= 11 is 0. The van der Waals surface area contributed by atoms with Crippen LogP contribution in [-0.4, -0.2) is 72.2 Å². The van der Waals surface area contributed by atoms with Gasteiger partial charge in [-0.15, -0.1) is 0 Å². The van der Waals surface area contributed by atoms with Gasteiger partial charge in [-0.25, -0.2) is 23.9 Å². The number of hydrogen-bond donors (Lipinski definition) is 2. The van der Waals surface area contributed by atoms with E-state index in [4.69, 9.17) is 5.73 Å². The van der Waals surface area contributed by atoms with Crippen LogP contribution in [0.4, 0.5) is 16.2 Å². The van der Waals surface area contributed by atoms with E-state index in [1.807, 2.05) is 34.7 Å². The second kappa shape index (κ2) is 10.4. The number of piperazine rings is 1. The molecule has 5 aromatic rings. The minimum atomic E-state index is -0.837. The molecule has 12 heteroatoms. The highest BCUT2D eigenvalue weighted by Crippen LogP contribution is 2.43. The lowest BCUT2D eigenvalue weighted by molar-refractivity contribution is 0.202. The SMILES string of the molecule is C.C[C@](N)(c1ccc(F)cc1)c1cnc(N2CCN(c3ncnn4cc(-c5cnn(C6(CO)CC6)c5)cc34)CC2)nc1. The van der Waals surface area contributed by atoms with Crippen LogP contribution in [0.3, 0.4) is 0 Å². The molecule has 1 saturated heterocycles. The second-order valence-electron chi connectivity index (χ2n) is 11.2. The number of nitrogens with zero attached hydrogens (tertiary/aromatic N) is 9. The van der Waals surface area contributed by atoms with Gasteiger partial charge in [0, 0.05) is 67.7 Å². The van der Waals surface area contributed by atoms with Crippen LogP contribution in [0.25, 0.3) is 16.6 Å². The number of aliphatic hydroxyl groups excluding tert-OH is 1. The third-order valence-electron chi connectivity index (χ3n) is 8.45. The summed E-state index contributed by atoms with van der Waals surface area (Å²) in [5.74, 6) is 1.23. The van der Waals surface area contributed by atoms with E-state index in [1.54, 1.807) is 30.9 Å². The molecule has 0 amide bonds. The van der Waals surface area contributed by atoms with Crippen molar-refractivity contribution in [2.24, 2.45) is 5.73 Å². The molecule has 5 heterocycles. The van der Waals surface area contributed by atoms with Crippen LogP contribution in [-0.2, 0) is 11.1 Å². The van der Waals surface area contributed by atoms with Gasteiger partial charge in [0.25, 0.3) is 0 Å². The summed E-state index contributed by atoms with van der Waals surface area (Å²) < 4.78 is 17.1. The van der Waals surface area contributed by atoms with Crippen molar-refractivity contribution in [3.63, 3.8) is 0 Å². The van der Waals surface area contributed by atoms with Gasteiger partial charge in [-0.3, -0.25) is 4.68 Å². The van der Waals surface area contributed by atoms with Crippen LogP contribution in [0.15, 0.2) is 67.6 Å². The zero-order chi connectivity index (χ0) is 28.2. The minimum Gasteiger partial charge on any atom is -0.394 e. The van der Waals surface area contributed by atoms with Crippen molar-refractivity contribution in [1.82, 2.24) is 34.3 Å². The van der Waals surface area contributed by atoms with Gasteiger partial charge in [-0.2, -0.15) is 10.2 Å². The number of anilines is 2. The zero-order valence-electron chi connectivity index (χ0n) is 22.7. The van der Waals surface area contributed by atoms with Crippen LogP contribution in [0.5, 0.6) is 0 Å². The van der Waals surface area contributed by atoms with Crippen LogP contribution in [0, 0.1) is 5.82 Å². The summed E-state index contributed by atoms with van der Waals surface area (Å²) in [6.07, 6.45) is 12.8. The van der Waals surface area contributed by atoms with Gasteiger partial charge < -0.3 is 20.6 Å². The maximum atomic E-state index is 13.4. The van der Waals surface area contributed by atoms with Gasteiger partial charge in [0.1, 0.15) is 17.7 Å². The Balaban J connectivity index is 0.00000316. The van der Waals surface area contributed by atoms with Gasteiger partial charge in [0.15, 0.2) is 5.82 Å². The molecule has 218 valence electrons. The first-order valence-electron chi connectivity index (χ1n) is 13.7. The highest BCUT2D eigenvalue weighted by molar-refractivity contribution is 5.77. The summed E-state index contributed by atoms with van der Waals surface area (Å²) in [5, 5.41) is 18.7. The molecule has 11 nitrogen and oxygen atoms in total. The van der Waals surface area contributed by atoms with Crippen molar-refractivity contribution in [1.29, 1.82) is 0 Å². The predicted molar refractivity (Wildman–Crippen MR) is 159 cm³/mol. The molecular formula is C30H35FN10O. The Morgan fingerprint density at radius 3 is 2.26 bits per heavy atom. The van der Waals surface area contributed by atoms with Crippen molar-refractivity contribution in [2.75, 3.05) is 42.6 Å². The number of aliphatic hydroxyl groups is 1. The van der Waals surface area contributed by atoms with Crippen LogP contribution in [0.1, 0.15) is 38.3 Å². The number of aromatic nitrogens is 7. The van der Waals surface area contributed by atoms with Crippen molar-refractivity contribution in [3.8, 4) is 11.1 Å². The number of rotatable bonds is 7. The lowest BCUT2D eigenvalue weighted by atomic mass is 9.87. The van der Waals surface area contributed by atoms with E-state index in [-0.39, 0.29) is 25.4 Å². The normalized spacial score (nSPS) is 17.6. The van der Waals surface area contributed by atoms with Gasteiger partial charge in [-0.05, 0) is 43.5 Å². The molecule has 0 unspecified atom stereocenters. The molecule has 4 aromatic heterocycles. The molecule has 7 rings (SSSR count). The molecule has 1 atom stereocenters. The summed E-state index contributed by atoms with van der Waals surface area (Å²) in [5.41, 5.74) is 9.97. The van der Waals surface area contributed by atoms with Gasteiger partial charge in [0.2, 0.25) is 5.95 Å². The van der Waals surface area contributed by atoms with E-state index in [2.05, 4.69) is 41.0 Å². The Labute approximate surface area is 243 Å². The first kappa shape index (κ1) is 27.7. The highest BCUT2D eigenvalue weighted by Gasteiger charge is 2.45. The predicted octanol–water partition coefficient (Wildman–Crippen LogP) is 3.19. The second-order valence-corrected chi connectivity index (χ2v) is 11.2. The van der Waals surface area contributed by atoms with Crippen LogP contribution >= 0.6 is 0 Å². The molecule has 1 aliphatic heterocycles. The smallest absolute Gasteiger partial charge is 0.225 e. The fourth-order valence-corrected chi connectivity index (χ4v) is 5.49. The Morgan fingerprint density at radius 1 is 0.905 bits per heavy atom. The van der Waals surface area contributed by atoms with E-state index in [1.165, 1.54) is 12.1 Å². The summed E-state index contributed by atoms with van der Waals surface area (Å²) in [6.45, 7) is 4.94. The van der Waals surface area contributed by atoms with E-state index in [0.29, 0.717) is 5.95 Å². The fraction of sp³-hybridized carbons (Fsp3) is 0.367. The van der Waals surface area contributed by atoms with Gasteiger partial charge >= 0.3 is 0 Å². The standard InChI is InChI=1S/C29H31FN10O.CH4/c1-28(31,22-2-4-24(30)5-3-22)23-14-32-27(33-15-23)38-10-8-37(9-11-38)26-25-12-20(16-39(25)36-19-34-26)21-13-35-40(17-21)29(18-41)6-7-29;/h2-5,12-17,19,41H,6-11,18,31H2,1H3;1H4/t28-;/m0./s1. The molecule has 0 bridgehead atoms. The first-order chi connectivity index (χ1) is 19.9. The minimum absolute atomic E-state index is 0. The van der Waals surface area contributed by atoms with E-state index >= 15 is 0 Å². The molecule has 42 heavy (non-hydrogen) atoms. The highest BCUT2D eigenvalue weighted by atomic mass is 19.1. The quantitative estimate of drug-likeness (QED) is 0.303. The summed E-state index contributed by atoms with van der Waals surface area (Å²) in [7, 11) is 0. The molecule has 1 saturated carbocycles. The van der Waals surface area contributed by atoms with E-state index < -0.39 is 5.54 Å². The first-order valence-corrected chi connectivity index (χ1v) is 13.7. The van der Waals surface area contributed by atoms with Crippen molar-refractivity contribution >= 4 is 17.3 Å². The molecule has 0 spiro atoms. The van der Waals surface area contributed by atoms with Crippen molar-refractivity contribution < 1.29 is 9.50 Å². The van der Waals surface area contributed by atoms with E-state index in [9.17, 15) is 9.50 Å². The number of halogens is 1. The maximum absolute atomic E-state index is 13.4. The third kappa shape index (κ3) is 4.76. The Hall–Kier alpha value is -4.42. The average molecular weight is 571 g/mol. The average Bonchev–Trinajstić information content (AvgIpc) is 3.42. The number of nitrogens with two attached hydrogens (primary N) is 1. The van der Waals surface area contributed by atoms with E-state index in [0.717, 1.165) is 72.6 Å². The Morgan fingerprint density at radius 2 is 1.60 bits per heavy atom. The topological polar surface area (TPSA) is 127 Å². The summed E-state index contributed by atoms with van der Waals surface area (Å²) in [4.78, 5) is 18.3. The largest absolute Gasteiger partial charge is 0.394 e. The monoisotopic (exact) mass is 570 g/mol. The number of benzene rings is 1. The Kier molecular flexibility index (Phi) is 6.90. The Bertz CT molecular complexity index is 1680. The van der Waals surface area contributed by atoms with Crippen molar-refractivity contribution in [3.05, 3.63) is 84.6 Å². The third-order valence-corrected chi connectivity index (χ3v) is 8.45. The molecule has 1 aliphatic carbocycles. The molecule has 2 aliphatic rings. The summed E-state index contributed by atoms with van der Waals surface area (Å²) in [6, 6.07) is 8.28. The molecular weight excluding hydrogens is 535 g/mol. The maximum Gasteiger partial charge on any atom is 0.225 e. The molecule has 1 aromatic carbocycles. The van der Waals surface area contributed by atoms with Crippen LogP contribution in [0.2, 0.25) is 0 Å². The number of fused-ring (bicyclic) bond motifs is 1. The van der Waals surface area contributed by atoms with Gasteiger partial charge in [0.05, 0.1) is 23.9 Å². The van der Waals surface area contributed by atoms with Crippen LogP contribution < -0.4 is 15.5 Å². The molecule has 3 N–H and O–H groups in total. The molecule has 2 fully saturated rings. The fourth-order valence-electron chi connectivity index (χ4n) is 5.49. The zero-order valence-corrected chi connectivity index (χ0v) is 22.7. The van der Waals surface area contributed by atoms with Crippen molar-refractivity contribution in [2.45, 2.75) is 38.3 Å².